The maximum Gasteiger partial charge on any atom is 0.361 e. The van der Waals surface area contributed by atoms with Crippen molar-refractivity contribution >= 4 is 33.8 Å². The van der Waals surface area contributed by atoms with Gasteiger partial charge in [-0.05, 0) is 0 Å². The lowest BCUT2D eigenvalue weighted by Crippen LogP contribution is -2.72. The lowest BCUT2D eigenvalue weighted by atomic mass is 10.1. The van der Waals surface area contributed by atoms with Crippen molar-refractivity contribution in [3.63, 3.8) is 0 Å². The molecule has 8 heteroatoms. The number of carbonyl (C=O) groups is 3. The van der Waals surface area contributed by atoms with Crippen LogP contribution in [0.25, 0.3) is 0 Å². The minimum Gasteiger partial charge on any atom is -0.465 e. The van der Waals surface area contributed by atoms with Gasteiger partial charge in [-0.3, -0.25) is 15.4 Å². The van der Waals surface area contributed by atoms with Crippen LogP contribution in [0.3, 0.4) is 0 Å². The third-order valence-electron chi connectivity index (χ3n) is 1.93. The number of hydrogen-bond donors (Lipinski definition) is 2. The third-order valence-corrected chi connectivity index (χ3v) is 2.99. The fraction of sp³-hybridized carbons (Fsp3) is 0.571. The highest BCUT2D eigenvalue weighted by Gasteiger charge is 2.54. The van der Waals surface area contributed by atoms with Gasteiger partial charge in [0.05, 0.1) is 7.11 Å². The molecule has 2 unspecified atom stereocenters. The Balaban J connectivity index is 3.09. The number of alkyl halides is 1. The smallest absolute Gasteiger partial charge is 0.361 e. The van der Waals surface area contributed by atoms with E-state index in [1.54, 1.807) is 0 Å². The molecule has 0 aromatic rings. The van der Waals surface area contributed by atoms with Crippen LogP contribution in [0, 0.1) is 0 Å². The summed E-state index contributed by atoms with van der Waals surface area (Å²) in [6, 6.07) is -0.817. The number of methoxy groups -OCH3 is 2. The molecule has 1 aliphatic rings. The molecule has 1 aliphatic heterocycles. The predicted molar refractivity (Wildman–Crippen MR) is 51.1 cm³/mol. The molecule has 2 N–H and O–H groups in total. The van der Waals surface area contributed by atoms with E-state index in [2.05, 4.69) is 26.0 Å². The molecule has 0 aromatic heterocycles. The van der Waals surface area contributed by atoms with Gasteiger partial charge in [-0.15, -0.1) is 0 Å². The van der Waals surface area contributed by atoms with Gasteiger partial charge in [0.25, 0.3) is 5.72 Å². The Hall–Kier alpha value is -1.15. The Kier molecular flexibility index (Phi) is 3.30. The van der Waals surface area contributed by atoms with Crippen molar-refractivity contribution in [2.75, 3.05) is 14.2 Å². The zero-order valence-corrected chi connectivity index (χ0v) is 9.58. The molecule has 15 heavy (non-hydrogen) atoms. The van der Waals surface area contributed by atoms with Crippen molar-refractivity contribution in [2.24, 2.45) is 0 Å². The molecule has 0 saturated carbocycles. The number of carbonyl (C=O) groups excluding carboxylic acids is 3. The van der Waals surface area contributed by atoms with Crippen LogP contribution in [-0.2, 0) is 19.1 Å². The van der Waals surface area contributed by atoms with Crippen molar-refractivity contribution in [3.8, 4) is 0 Å². The molecule has 0 radical (unpaired) electrons. The lowest BCUT2D eigenvalue weighted by Gasteiger charge is -2.36. The molecule has 1 saturated heterocycles. The number of amides is 3. The molecule has 0 aromatic carbocycles. The summed E-state index contributed by atoms with van der Waals surface area (Å²) in [5.74, 6) is -1.54. The molecule has 7 nitrogen and oxygen atoms in total. The van der Waals surface area contributed by atoms with Crippen LogP contribution in [0.1, 0.15) is 0 Å². The lowest BCUT2D eigenvalue weighted by molar-refractivity contribution is -0.172. The minimum absolute atomic E-state index is 0.675. The average molecular weight is 281 g/mol. The number of halogens is 1. The van der Waals surface area contributed by atoms with E-state index in [9.17, 15) is 14.4 Å². The molecule has 1 rings (SSSR count). The Morgan fingerprint density at radius 3 is 2.53 bits per heavy atom. The molecule has 3 amide bonds. The highest BCUT2D eigenvalue weighted by Crippen LogP contribution is 2.24. The molecule has 1 heterocycles. The molecule has 2 atom stereocenters. The molecule has 0 spiro atoms. The van der Waals surface area contributed by atoms with Gasteiger partial charge in [0.2, 0.25) is 5.91 Å². The first-order chi connectivity index (χ1) is 6.97. The van der Waals surface area contributed by atoms with Crippen LogP contribution in [0.5, 0.6) is 0 Å². The monoisotopic (exact) mass is 280 g/mol. The summed E-state index contributed by atoms with van der Waals surface area (Å²) >= 11 is 2.95. The van der Waals surface area contributed by atoms with Gasteiger partial charge in [0.15, 0.2) is 4.83 Å². The Labute approximate surface area is 93.6 Å². The minimum atomic E-state index is -1.83. The summed E-state index contributed by atoms with van der Waals surface area (Å²) in [5.41, 5.74) is -1.83. The molecule has 1 fully saturated rings. The van der Waals surface area contributed by atoms with E-state index >= 15 is 0 Å². The van der Waals surface area contributed by atoms with Crippen LogP contribution in [0.15, 0.2) is 0 Å². The van der Waals surface area contributed by atoms with Crippen molar-refractivity contribution in [2.45, 2.75) is 10.6 Å². The number of urea groups is 1. The van der Waals surface area contributed by atoms with E-state index in [1.165, 1.54) is 7.11 Å². The summed E-state index contributed by atoms with van der Waals surface area (Å²) in [5, 5.41) is 4.17. The quantitative estimate of drug-likeness (QED) is 0.505. The number of hydrogen-bond acceptors (Lipinski definition) is 5. The summed E-state index contributed by atoms with van der Waals surface area (Å²) < 4.78 is 9.33. The number of esters is 1. The highest BCUT2D eigenvalue weighted by atomic mass is 79.9. The molecular formula is C7H9BrN2O5. The van der Waals surface area contributed by atoms with Gasteiger partial charge >= 0.3 is 12.0 Å². The standard InChI is InChI=1S/C7H9BrN2O5/c1-14-5(12)7(15-2)3(8)4(11)9-6(13)10-7/h3H,1-2H3,(H2,9,10,11,13). The summed E-state index contributed by atoms with van der Waals surface area (Å²) in [7, 11) is 2.31. The maximum absolute atomic E-state index is 11.4. The largest absolute Gasteiger partial charge is 0.465 e. The topological polar surface area (TPSA) is 93.7 Å². The van der Waals surface area contributed by atoms with Gasteiger partial charge in [0, 0.05) is 7.11 Å². The Morgan fingerprint density at radius 1 is 1.47 bits per heavy atom. The number of rotatable bonds is 2. The van der Waals surface area contributed by atoms with E-state index in [0.717, 1.165) is 7.11 Å². The van der Waals surface area contributed by atoms with Crippen molar-refractivity contribution in [3.05, 3.63) is 0 Å². The van der Waals surface area contributed by atoms with E-state index in [-0.39, 0.29) is 0 Å². The highest BCUT2D eigenvalue weighted by molar-refractivity contribution is 9.10. The second-order valence-corrected chi connectivity index (χ2v) is 3.65. The summed E-state index contributed by atoms with van der Waals surface area (Å²) in [6.45, 7) is 0. The first-order valence-electron chi connectivity index (χ1n) is 3.88. The molecule has 84 valence electrons. The number of ether oxygens (including phenoxy) is 2. The summed E-state index contributed by atoms with van der Waals surface area (Å²) in [4.78, 5) is 32.7. The Morgan fingerprint density at radius 2 is 2.07 bits per heavy atom. The van der Waals surface area contributed by atoms with Gasteiger partial charge in [-0.25, -0.2) is 9.59 Å². The van der Waals surface area contributed by atoms with E-state index in [4.69, 9.17) is 4.74 Å². The fourth-order valence-corrected chi connectivity index (χ4v) is 1.77. The number of nitrogens with one attached hydrogen (secondary N) is 2. The zero-order valence-electron chi connectivity index (χ0n) is 8.00. The Bertz CT molecular complexity index is 321. The first kappa shape index (κ1) is 11.9. The number of imide groups is 1. The zero-order chi connectivity index (χ0) is 11.6. The second-order valence-electron chi connectivity index (χ2n) is 2.74. The normalized spacial score (nSPS) is 30.5. The van der Waals surface area contributed by atoms with Gasteiger partial charge < -0.3 is 9.47 Å². The van der Waals surface area contributed by atoms with Crippen LogP contribution in [-0.4, -0.2) is 42.7 Å². The van der Waals surface area contributed by atoms with Crippen molar-refractivity contribution in [1.29, 1.82) is 0 Å². The third kappa shape index (κ3) is 1.82. The molecule has 0 bridgehead atoms. The first-order valence-corrected chi connectivity index (χ1v) is 4.80. The van der Waals surface area contributed by atoms with Gasteiger partial charge in [-0.1, -0.05) is 15.9 Å². The SMILES string of the molecule is COC(=O)C1(OC)NC(=O)NC(=O)C1Br. The average Bonchev–Trinajstić information content (AvgIpc) is 2.22. The fourth-order valence-electron chi connectivity index (χ4n) is 1.17. The van der Waals surface area contributed by atoms with Crippen LogP contribution in [0.4, 0.5) is 4.79 Å². The molecule has 0 aliphatic carbocycles. The van der Waals surface area contributed by atoms with E-state index in [0.29, 0.717) is 0 Å². The predicted octanol–water partition coefficient (Wildman–Crippen LogP) is -0.895. The van der Waals surface area contributed by atoms with Gasteiger partial charge in [-0.2, -0.15) is 0 Å². The molecular weight excluding hydrogens is 272 g/mol. The maximum atomic E-state index is 11.4. The van der Waals surface area contributed by atoms with Crippen molar-refractivity contribution in [1.82, 2.24) is 10.6 Å². The van der Waals surface area contributed by atoms with E-state index in [1.807, 2.05) is 5.32 Å². The summed E-state index contributed by atoms with van der Waals surface area (Å²) in [6.07, 6.45) is 0. The van der Waals surface area contributed by atoms with Crippen LogP contribution in [0.2, 0.25) is 0 Å². The van der Waals surface area contributed by atoms with Crippen molar-refractivity contribution < 1.29 is 23.9 Å². The van der Waals surface area contributed by atoms with Gasteiger partial charge in [0.1, 0.15) is 0 Å². The van der Waals surface area contributed by atoms with Crippen LogP contribution >= 0.6 is 15.9 Å². The van der Waals surface area contributed by atoms with E-state index < -0.39 is 28.5 Å². The second kappa shape index (κ2) is 4.15. The van der Waals surface area contributed by atoms with Crippen LogP contribution < -0.4 is 10.6 Å².